The molecule has 0 N–H and O–H groups in total. The molecule has 3 heterocycles. The predicted octanol–water partition coefficient (Wildman–Crippen LogP) is 0.954. The van der Waals surface area contributed by atoms with Gasteiger partial charge in [-0.1, -0.05) is 19.6 Å². The highest BCUT2D eigenvalue weighted by atomic mass is 28.3. The van der Waals surface area contributed by atoms with E-state index in [1.807, 2.05) is 0 Å². The van der Waals surface area contributed by atoms with Gasteiger partial charge in [0.25, 0.3) is 0 Å². The molecule has 3 aliphatic rings. The SMILES string of the molecule is CC(=O)OC[C@H]1O[C@@H](O[C@H]2[C@H](O[C@@H]3O[C@@H](C)[C@@H](OC(C)=O)[C@@H](OC(C)=O)[C@@H]3OC(C)=O)[C@@H](OC(C)=O)[C@H](OCC[Si](C)(C)C)O[C@@H]2COC(C)=O)[C@@H](OC(C)=O)[C@@H](OC(C)=O)[C@@H]1OC(C)=O. The molecule has 0 aromatic rings. The molecule has 0 aromatic heterocycles. The van der Waals surface area contributed by atoms with Crippen LogP contribution in [0.15, 0.2) is 0 Å². The van der Waals surface area contributed by atoms with E-state index < -0.39 is 167 Å². The zero-order chi connectivity index (χ0) is 49.8. The van der Waals surface area contributed by atoms with Gasteiger partial charge < -0.3 is 71.1 Å². The van der Waals surface area contributed by atoms with Crippen LogP contribution in [0.25, 0.3) is 0 Å². The Morgan fingerprint density at radius 1 is 0.394 bits per heavy atom. The molecule has 0 radical (unpaired) electrons. The van der Waals surface area contributed by atoms with Crippen molar-refractivity contribution in [1.29, 1.82) is 0 Å². The molecular formula is C41H62O24Si. The van der Waals surface area contributed by atoms with E-state index in [1.165, 1.54) is 6.92 Å². The molecular weight excluding hydrogens is 905 g/mol. The summed E-state index contributed by atoms with van der Waals surface area (Å²) < 4.78 is 88.0. The maximum Gasteiger partial charge on any atom is 0.303 e. The average Bonchev–Trinajstić information content (AvgIpc) is 3.15. The van der Waals surface area contributed by atoms with Gasteiger partial charge in [0.15, 0.2) is 61.6 Å². The highest BCUT2D eigenvalue weighted by molar-refractivity contribution is 6.76. The third-order valence-electron chi connectivity index (χ3n) is 9.64. The number of carbonyl (C=O) groups is 9. The number of esters is 9. The lowest BCUT2D eigenvalue weighted by Gasteiger charge is -2.50. The van der Waals surface area contributed by atoms with Crippen molar-refractivity contribution in [1.82, 2.24) is 0 Å². The monoisotopic (exact) mass is 966 g/mol. The Morgan fingerprint density at radius 3 is 1.15 bits per heavy atom. The van der Waals surface area contributed by atoms with E-state index in [9.17, 15) is 43.2 Å². The molecule has 3 saturated heterocycles. The highest BCUT2D eigenvalue weighted by Gasteiger charge is 2.59. The van der Waals surface area contributed by atoms with Crippen molar-refractivity contribution in [3.8, 4) is 0 Å². The molecule has 374 valence electrons. The fourth-order valence-electron chi connectivity index (χ4n) is 7.15. The van der Waals surface area contributed by atoms with Gasteiger partial charge >= 0.3 is 53.7 Å². The van der Waals surface area contributed by atoms with Gasteiger partial charge in [0.1, 0.15) is 37.6 Å². The van der Waals surface area contributed by atoms with Gasteiger partial charge in [0.05, 0.1) is 6.10 Å². The Balaban J connectivity index is 2.37. The molecule has 3 rings (SSSR count). The third kappa shape index (κ3) is 17.1. The van der Waals surface area contributed by atoms with Crippen molar-refractivity contribution in [2.75, 3.05) is 19.8 Å². The van der Waals surface area contributed by atoms with Gasteiger partial charge in [-0.2, -0.15) is 0 Å². The number of carbonyl (C=O) groups excluding carboxylic acids is 9. The summed E-state index contributed by atoms with van der Waals surface area (Å²) in [4.78, 5) is 113. The van der Waals surface area contributed by atoms with Crippen molar-refractivity contribution >= 4 is 61.8 Å². The van der Waals surface area contributed by atoms with Crippen molar-refractivity contribution in [3.63, 3.8) is 0 Å². The molecule has 3 aliphatic heterocycles. The molecule has 0 unspecified atom stereocenters. The second kappa shape index (κ2) is 24.8. The number of hydrogen-bond acceptors (Lipinski definition) is 24. The van der Waals surface area contributed by atoms with Crippen LogP contribution in [0, 0.1) is 0 Å². The molecule has 0 aliphatic carbocycles. The molecule has 0 spiro atoms. The molecule has 24 nitrogen and oxygen atoms in total. The van der Waals surface area contributed by atoms with Crippen LogP contribution in [0.2, 0.25) is 25.7 Å². The van der Waals surface area contributed by atoms with Gasteiger partial charge in [0.2, 0.25) is 0 Å². The van der Waals surface area contributed by atoms with Crippen LogP contribution in [0.3, 0.4) is 0 Å². The van der Waals surface area contributed by atoms with Gasteiger partial charge in [0, 0.05) is 77.0 Å². The van der Waals surface area contributed by atoms with Gasteiger partial charge in [-0.05, 0) is 13.0 Å². The Hall–Kier alpha value is -4.79. The lowest BCUT2D eigenvalue weighted by molar-refractivity contribution is -0.386. The summed E-state index contributed by atoms with van der Waals surface area (Å²) in [5, 5.41) is 0. The van der Waals surface area contributed by atoms with E-state index in [0.717, 1.165) is 62.3 Å². The van der Waals surface area contributed by atoms with Gasteiger partial charge in [-0.15, -0.1) is 0 Å². The quantitative estimate of drug-likeness (QED) is 0.0989. The average molecular weight is 967 g/mol. The maximum atomic E-state index is 13.0. The van der Waals surface area contributed by atoms with Gasteiger partial charge in [-0.3, -0.25) is 43.2 Å². The second-order valence-corrected chi connectivity index (χ2v) is 22.4. The first-order chi connectivity index (χ1) is 30.7. The third-order valence-corrected chi connectivity index (χ3v) is 11.3. The fourth-order valence-corrected chi connectivity index (χ4v) is 7.88. The standard InChI is InChI=1S/C41H62O24Si/c1-18-30(55-21(4)44)33(57-23(6)46)37(60-26(9)49)40(54-18)65-35-32(29(17-53-20(3)43)62-39(36(35)59-25(8)48)51-14-15-66(11,12)13)64-41-38(61-27(10)50)34(58-24(7)47)31(56-22(5)45)28(63-41)16-52-19(2)42/h18,28-41H,14-17H2,1-13H3/t18-,28+,29+,30+,31+,32+,33+,34-,35-,36+,37-,38-,39+,40-,41-/m0/s1. The van der Waals surface area contributed by atoms with E-state index in [4.69, 9.17) is 71.1 Å². The molecule has 0 bridgehead atoms. The molecule has 25 heteroatoms. The largest absolute Gasteiger partial charge is 0.463 e. The normalized spacial score (nSPS) is 32.0. The van der Waals surface area contributed by atoms with Crippen LogP contribution < -0.4 is 0 Å². The smallest absolute Gasteiger partial charge is 0.303 e. The van der Waals surface area contributed by atoms with Crippen LogP contribution in [0.5, 0.6) is 0 Å². The maximum absolute atomic E-state index is 13.0. The summed E-state index contributed by atoms with van der Waals surface area (Å²) in [6, 6.07) is 0.573. The Morgan fingerprint density at radius 2 is 0.727 bits per heavy atom. The van der Waals surface area contributed by atoms with Crippen molar-refractivity contribution in [2.24, 2.45) is 0 Å². The second-order valence-electron chi connectivity index (χ2n) is 16.8. The van der Waals surface area contributed by atoms with Crippen LogP contribution in [-0.4, -0.2) is 174 Å². The van der Waals surface area contributed by atoms with E-state index in [1.54, 1.807) is 0 Å². The Bertz CT molecular complexity index is 1750. The Kier molecular flexibility index (Phi) is 20.9. The van der Waals surface area contributed by atoms with Crippen molar-refractivity contribution < 1.29 is 114 Å². The summed E-state index contributed by atoms with van der Waals surface area (Å²) >= 11 is 0. The summed E-state index contributed by atoms with van der Waals surface area (Å²) in [6.45, 7) is 15.9. The zero-order valence-corrected chi connectivity index (χ0v) is 40.3. The molecule has 3 fully saturated rings. The van der Waals surface area contributed by atoms with E-state index in [-0.39, 0.29) is 6.61 Å². The first-order valence-electron chi connectivity index (χ1n) is 21.0. The zero-order valence-electron chi connectivity index (χ0n) is 39.3. The van der Waals surface area contributed by atoms with E-state index >= 15 is 0 Å². The summed E-state index contributed by atoms with van der Waals surface area (Å²) in [6.07, 6.45) is -24.4. The first kappa shape index (κ1) is 55.5. The first-order valence-corrected chi connectivity index (χ1v) is 24.7. The summed E-state index contributed by atoms with van der Waals surface area (Å²) in [5.41, 5.74) is 0. The number of rotatable bonds is 19. The molecule has 15 atom stereocenters. The minimum absolute atomic E-state index is 0.0575. The number of hydrogen-bond donors (Lipinski definition) is 0. The van der Waals surface area contributed by atoms with Crippen LogP contribution >= 0.6 is 0 Å². The summed E-state index contributed by atoms with van der Waals surface area (Å²) in [5.74, 6) is -7.93. The van der Waals surface area contributed by atoms with E-state index in [0.29, 0.717) is 6.04 Å². The topological polar surface area (TPSA) is 292 Å². The fraction of sp³-hybridized carbons (Fsp3) is 0.780. The van der Waals surface area contributed by atoms with Gasteiger partial charge in [-0.25, -0.2) is 0 Å². The minimum Gasteiger partial charge on any atom is -0.463 e. The lowest BCUT2D eigenvalue weighted by Crippen LogP contribution is -2.69. The van der Waals surface area contributed by atoms with Crippen LogP contribution in [0.4, 0.5) is 0 Å². The van der Waals surface area contributed by atoms with E-state index in [2.05, 4.69) is 19.6 Å². The molecule has 0 amide bonds. The molecule has 0 aromatic carbocycles. The van der Waals surface area contributed by atoms with Crippen molar-refractivity contribution in [3.05, 3.63) is 0 Å². The predicted molar refractivity (Wildman–Crippen MR) is 218 cm³/mol. The molecule has 66 heavy (non-hydrogen) atoms. The van der Waals surface area contributed by atoms with Crippen molar-refractivity contribution in [2.45, 2.75) is 187 Å². The Labute approximate surface area is 382 Å². The molecule has 0 saturated carbocycles. The van der Waals surface area contributed by atoms with Crippen LogP contribution in [0.1, 0.15) is 69.2 Å². The lowest BCUT2D eigenvalue weighted by atomic mass is 9.95. The highest BCUT2D eigenvalue weighted by Crippen LogP contribution is 2.38. The minimum atomic E-state index is -1.93. The summed E-state index contributed by atoms with van der Waals surface area (Å²) in [7, 11) is -1.80. The van der Waals surface area contributed by atoms with Crippen LogP contribution in [-0.2, 0) is 114 Å². The number of ether oxygens (including phenoxy) is 15.